The van der Waals surface area contributed by atoms with Crippen LogP contribution < -0.4 is 5.56 Å². The molecule has 1 aromatic carbocycles. The summed E-state index contributed by atoms with van der Waals surface area (Å²) in [6, 6.07) is 11.6. The van der Waals surface area contributed by atoms with Gasteiger partial charge in [0, 0.05) is 5.56 Å². The van der Waals surface area contributed by atoms with Crippen LogP contribution in [0.4, 0.5) is 0 Å². The maximum absolute atomic E-state index is 12.6. The van der Waals surface area contributed by atoms with Gasteiger partial charge in [0.25, 0.3) is 5.56 Å². The number of aromatic amines is 1. The molecule has 0 fully saturated rings. The summed E-state index contributed by atoms with van der Waals surface area (Å²) >= 11 is 0. The van der Waals surface area contributed by atoms with E-state index in [0.29, 0.717) is 28.9 Å². The van der Waals surface area contributed by atoms with Crippen molar-refractivity contribution in [3.8, 4) is 17.3 Å². The van der Waals surface area contributed by atoms with Crippen LogP contribution in [0.5, 0.6) is 0 Å². The highest BCUT2D eigenvalue weighted by molar-refractivity contribution is 5.67. The normalized spacial score (nSPS) is 10.4. The number of hydrogen-bond acceptors (Lipinski definition) is 3. The molecule has 102 valence electrons. The molecule has 3 rings (SSSR count). The van der Waals surface area contributed by atoms with Gasteiger partial charge in [-0.05, 0) is 12.0 Å². The first-order chi connectivity index (χ1) is 10.3. The van der Waals surface area contributed by atoms with Crippen LogP contribution in [0.15, 0.2) is 54.0 Å². The molecule has 3 aromatic rings. The molecule has 0 aliphatic heterocycles. The molecule has 5 nitrogen and oxygen atoms in total. The summed E-state index contributed by atoms with van der Waals surface area (Å²) < 4.78 is 1.23. The molecule has 21 heavy (non-hydrogen) atoms. The lowest BCUT2D eigenvalue weighted by atomic mass is 10.0. The minimum Gasteiger partial charge on any atom is -0.338 e. The van der Waals surface area contributed by atoms with Crippen molar-refractivity contribution in [2.45, 2.75) is 6.42 Å². The van der Waals surface area contributed by atoms with Gasteiger partial charge in [-0.2, -0.15) is 14.9 Å². The van der Waals surface area contributed by atoms with Crippen LogP contribution in [0.1, 0.15) is 11.1 Å². The average Bonchev–Trinajstić information content (AvgIpc) is 2.94. The predicted octanol–water partition coefficient (Wildman–Crippen LogP) is 2.29. The molecule has 0 unspecified atom stereocenters. The summed E-state index contributed by atoms with van der Waals surface area (Å²) in [4.78, 5) is 15.7. The Balaban J connectivity index is 2.41. The molecule has 0 radical (unpaired) electrons. The Morgan fingerprint density at radius 2 is 2.14 bits per heavy atom. The van der Waals surface area contributed by atoms with Crippen LogP contribution >= 0.6 is 0 Å². The Hall–Kier alpha value is -3.13. The molecule has 1 N–H and O–H groups in total. The van der Waals surface area contributed by atoms with Gasteiger partial charge in [-0.1, -0.05) is 36.4 Å². The number of allylic oxidation sites excluding steroid dienone is 1. The second-order valence-corrected chi connectivity index (χ2v) is 4.57. The first-order valence-corrected chi connectivity index (χ1v) is 6.45. The zero-order valence-electron chi connectivity index (χ0n) is 11.2. The Bertz CT molecular complexity index is 913. The highest BCUT2D eigenvalue weighted by Gasteiger charge is 2.15. The van der Waals surface area contributed by atoms with E-state index in [4.69, 9.17) is 5.26 Å². The molecule has 2 heterocycles. The highest BCUT2D eigenvalue weighted by Crippen LogP contribution is 2.21. The van der Waals surface area contributed by atoms with Gasteiger partial charge in [0.1, 0.15) is 11.6 Å². The number of nitrogens with zero attached hydrogens (tertiary/aromatic N) is 3. The number of benzene rings is 1. The third-order valence-electron chi connectivity index (χ3n) is 3.30. The zero-order chi connectivity index (χ0) is 14.8. The zero-order valence-corrected chi connectivity index (χ0v) is 11.2. The maximum Gasteiger partial charge on any atom is 0.278 e. The fourth-order valence-electron chi connectivity index (χ4n) is 2.32. The van der Waals surface area contributed by atoms with Crippen LogP contribution in [0, 0.1) is 11.3 Å². The van der Waals surface area contributed by atoms with Gasteiger partial charge in [0.2, 0.25) is 0 Å². The summed E-state index contributed by atoms with van der Waals surface area (Å²) in [6.45, 7) is 3.70. The molecule has 0 saturated carbocycles. The Morgan fingerprint density at radius 3 is 2.81 bits per heavy atom. The van der Waals surface area contributed by atoms with Gasteiger partial charge >= 0.3 is 0 Å². The van der Waals surface area contributed by atoms with E-state index in [9.17, 15) is 4.79 Å². The standard InChI is InChI=1S/C16H12N4O/c1-2-6-13-14(11-7-4-3-5-8-11)19-15-12(9-17)10-18-20(15)16(13)21/h2-5,7-8,10,19H,1,6H2. The molecule has 0 aliphatic rings. The van der Waals surface area contributed by atoms with Crippen LogP contribution in [0.2, 0.25) is 0 Å². The fraction of sp³-hybridized carbons (Fsp3) is 0.0625. The lowest BCUT2D eigenvalue weighted by Crippen LogP contribution is -2.21. The van der Waals surface area contributed by atoms with Crippen molar-refractivity contribution in [2.24, 2.45) is 0 Å². The molecular weight excluding hydrogens is 264 g/mol. The van der Waals surface area contributed by atoms with Crippen molar-refractivity contribution in [3.63, 3.8) is 0 Å². The monoisotopic (exact) mass is 276 g/mol. The number of nitriles is 1. The average molecular weight is 276 g/mol. The van der Waals surface area contributed by atoms with Gasteiger partial charge < -0.3 is 4.98 Å². The van der Waals surface area contributed by atoms with Gasteiger partial charge in [0.05, 0.1) is 11.9 Å². The summed E-state index contributed by atoms with van der Waals surface area (Å²) in [6.07, 6.45) is 3.49. The second kappa shape index (κ2) is 5.10. The van der Waals surface area contributed by atoms with Gasteiger partial charge in [-0.3, -0.25) is 4.79 Å². The van der Waals surface area contributed by atoms with Gasteiger partial charge in [-0.15, -0.1) is 6.58 Å². The Morgan fingerprint density at radius 1 is 1.38 bits per heavy atom. The van der Waals surface area contributed by atoms with E-state index >= 15 is 0 Å². The summed E-state index contributed by atoms with van der Waals surface area (Å²) in [5.41, 5.74) is 2.69. The molecule has 0 aliphatic carbocycles. The van der Waals surface area contributed by atoms with E-state index in [-0.39, 0.29) is 5.56 Å². The van der Waals surface area contributed by atoms with Crippen molar-refractivity contribution in [3.05, 3.63) is 70.7 Å². The van der Waals surface area contributed by atoms with Crippen molar-refractivity contribution >= 4 is 5.65 Å². The van der Waals surface area contributed by atoms with Crippen LogP contribution in [0.25, 0.3) is 16.9 Å². The minimum absolute atomic E-state index is 0.232. The molecule has 0 bridgehead atoms. The van der Waals surface area contributed by atoms with E-state index in [1.807, 2.05) is 36.4 Å². The van der Waals surface area contributed by atoms with Gasteiger partial charge in [0.15, 0.2) is 5.65 Å². The maximum atomic E-state index is 12.6. The molecule has 0 amide bonds. The number of nitrogens with one attached hydrogen (secondary N) is 1. The molecule has 0 saturated heterocycles. The largest absolute Gasteiger partial charge is 0.338 e. The lowest BCUT2D eigenvalue weighted by Gasteiger charge is -2.09. The van der Waals surface area contributed by atoms with E-state index < -0.39 is 0 Å². The first-order valence-electron chi connectivity index (χ1n) is 6.45. The molecular formula is C16H12N4O. The predicted molar refractivity (Wildman–Crippen MR) is 79.9 cm³/mol. The van der Waals surface area contributed by atoms with Crippen LogP contribution in [-0.2, 0) is 6.42 Å². The van der Waals surface area contributed by atoms with E-state index in [1.54, 1.807) is 6.08 Å². The number of hydrogen-bond donors (Lipinski definition) is 1. The highest BCUT2D eigenvalue weighted by atomic mass is 16.1. The Kier molecular flexibility index (Phi) is 3.13. The van der Waals surface area contributed by atoms with Crippen molar-refractivity contribution < 1.29 is 0 Å². The number of H-pyrrole nitrogens is 1. The van der Waals surface area contributed by atoms with E-state index in [0.717, 1.165) is 5.56 Å². The summed E-state index contributed by atoms with van der Waals surface area (Å²) in [5.74, 6) is 0. The SMILES string of the molecule is C=CCc1c(-c2ccccc2)[nH]c2c(C#N)cnn2c1=O. The second-order valence-electron chi connectivity index (χ2n) is 4.57. The third kappa shape index (κ3) is 2.03. The summed E-state index contributed by atoms with van der Waals surface area (Å²) in [5, 5.41) is 13.1. The molecule has 0 spiro atoms. The van der Waals surface area contributed by atoms with Crippen LogP contribution in [0.3, 0.4) is 0 Å². The van der Waals surface area contributed by atoms with Gasteiger partial charge in [-0.25, -0.2) is 0 Å². The lowest BCUT2D eigenvalue weighted by molar-refractivity contribution is 0.879. The third-order valence-corrected chi connectivity index (χ3v) is 3.30. The number of aromatic nitrogens is 3. The fourth-order valence-corrected chi connectivity index (χ4v) is 2.32. The van der Waals surface area contributed by atoms with E-state index in [1.165, 1.54) is 10.7 Å². The van der Waals surface area contributed by atoms with Crippen molar-refractivity contribution in [1.29, 1.82) is 5.26 Å². The topological polar surface area (TPSA) is 73.9 Å². The van der Waals surface area contributed by atoms with Crippen molar-refractivity contribution in [2.75, 3.05) is 0 Å². The van der Waals surface area contributed by atoms with E-state index in [2.05, 4.69) is 16.7 Å². The molecule has 2 aromatic heterocycles. The molecule has 5 heteroatoms. The number of rotatable bonds is 3. The first kappa shape index (κ1) is 12.9. The number of fused-ring (bicyclic) bond motifs is 1. The Labute approximate surface area is 120 Å². The summed E-state index contributed by atoms with van der Waals surface area (Å²) in [7, 11) is 0. The smallest absolute Gasteiger partial charge is 0.278 e. The van der Waals surface area contributed by atoms with Crippen LogP contribution in [-0.4, -0.2) is 14.6 Å². The van der Waals surface area contributed by atoms with Crippen molar-refractivity contribution in [1.82, 2.24) is 14.6 Å². The quantitative estimate of drug-likeness (QED) is 0.746. The molecule has 0 atom stereocenters. The minimum atomic E-state index is -0.232.